The molecule has 0 saturated heterocycles. The van der Waals surface area contributed by atoms with Crippen molar-refractivity contribution in [3.05, 3.63) is 5.89 Å². The van der Waals surface area contributed by atoms with Crippen molar-refractivity contribution in [3.63, 3.8) is 0 Å². The van der Waals surface area contributed by atoms with Crippen molar-refractivity contribution < 1.29 is 9.21 Å². The highest BCUT2D eigenvalue weighted by atomic mass is 16.4. The molecular weight excluding hydrogens is 206 g/mol. The normalized spacial score (nSPS) is 15.9. The summed E-state index contributed by atoms with van der Waals surface area (Å²) in [6.07, 6.45) is 4.03. The van der Waals surface area contributed by atoms with Gasteiger partial charge >= 0.3 is 6.01 Å². The van der Waals surface area contributed by atoms with Crippen molar-refractivity contribution in [2.75, 3.05) is 11.4 Å². The van der Waals surface area contributed by atoms with E-state index < -0.39 is 0 Å². The molecule has 1 aliphatic carbocycles. The Morgan fingerprint density at radius 2 is 2.25 bits per heavy atom. The quantitative estimate of drug-likeness (QED) is 0.782. The standard InChI is InChI=1S/C11H17N3O2/c1-3-7-14(10(15)9-5-4-6-9)11-13-12-8(2)16-11/h9H,3-7H2,1-2H3. The number of hydrogen-bond acceptors (Lipinski definition) is 4. The molecule has 0 aliphatic heterocycles. The fourth-order valence-corrected chi connectivity index (χ4v) is 1.79. The van der Waals surface area contributed by atoms with Crippen molar-refractivity contribution in [2.45, 2.75) is 39.5 Å². The summed E-state index contributed by atoms with van der Waals surface area (Å²) in [6.45, 7) is 4.41. The number of carbonyl (C=O) groups excluding carboxylic acids is 1. The third-order valence-electron chi connectivity index (χ3n) is 2.91. The molecule has 1 aromatic rings. The SMILES string of the molecule is CCCN(C(=O)C1CCC1)c1nnc(C)o1. The van der Waals surface area contributed by atoms with Crippen LogP contribution in [-0.2, 0) is 4.79 Å². The maximum Gasteiger partial charge on any atom is 0.324 e. The highest BCUT2D eigenvalue weighted by molar-refractivity contribution is 5.93. The van der Waals surface area contributed by atoms with Gasteiger partial charge in [-0.2, -0.15) is 0 Å². The Morgan fingerprint density at radius 1 is 1.50 bits per heavy atom. The van der Waals surface area contributed by atoms with Gasteiger partial charge in [-0.3, -0.25) is 9.69 Å². The van der Waals surface area contributed by atoms with E-state index in [4.69, 9.17) is 4.42 Å². The highest BCUT2D eigenvalue weighted by Crippen LogP contribution is 2.29. The van der Waals surface area contributed by atoms with Gasteiger partial charge in [-0.25, -0.2) is 0 Å². The maximum atomic E-state index is 12.1. The van der Waals surface area contributed by atoms with Crippen LogP contribution in [0.1, 0.15) is 38.5 Å². The minimum Gasteiger partial charge on any atom is -0.408 e. The van der Waals surface area contributed by atoms with Gasteiger partial charge in [-0.1, -0.05) is 18.4 Å². The van der Waals surface area contributed by atoms with Crippen LogP contribution in [0.4, 0.5) is 6.01 Å². The predicted molar refractivity (Wildman–Crippen MR) is 59.0 cm³/mol. The first kappa shape index (κ1) is 11.1. The number of amides is 1. The molecule has 2 rings (SSSR count). The first-order chi connectivity index (χ1) is 7.72. The van der Waals surface area contributed by atoms with Gasteiger partial charge in [0.15, 0.2) is 0 Å². The molecule has 0 unspecified atom stereocenters. The molecule has 5 heteroatoms. The molecule has 0 N–H and O–H groups in total. The Morgan fingerprint density at radius 3 is 2.69 bits per heavy atom. The molecule has 0 bridgehead atoms. The second-order valence-electron chi connectivity index (χ2n) is 4.22. The summed E-state index contributed by atoms with van der Waals surface area (Å²) in [5.74, 6) is 0.799. The van der Waals surface area contributed by atoms with Crippen LogP contribution < -0.4 is 4.90 Å². The molecular formula is C11H17N3O2. The third kappa shape index (κ3) is 2.08. The van der Waals surface area contributed by atoms with Crippen LogP contribution in [-0.4, -0.2) is 22.6 Å². The molecule has 0 radical (unpaired) electrons. The van der Waals surface area contributed by atoms with E-state index in [2.05, 4.69) is 10.2 Å². The summed E-state index contributed by atoms with van der Waals surface area (Å²) in [7, 11) is 0. The van der Waals surface area contributed by atoms with E-state index in [0.717, 1.165) is 25.7 Å². The molecule has 0 aromatic carbocycles. The summed E-state index contributed by atoms with van der Waals surface area (Å²) in [5, 5.41) is 7.68. The summed E-state index contributed by atoms with van der Waals surface area (Å²) in [5.41, 5.74) is 0. The van der Waals surface area contributed by atoms with Crippen molar-refractivity contribution in [1.29, 1.82) is 0 Å². The van der Waals surface area contributed by atoms with E-state index in [1.165, 1.54) is 0 Å². The van der Waals surface area contributed by atoms with Gasteiger partial charge in [-0.05, 0) is 19.3 Å². The molecule has 1 amide bonds. The van der Waals surface area contributed by atoms with Crippen molar-refractivity contribution >= 4 is 11.9 Å². The summed E-state index contributed by atoms with van der Waals surface area (Å²) in [4.78, 5) is 13.8. The average Bonchev–Trinajstić information content (AvgIpc) is 2.58. The summed E-state index contributed by atoms with van der Waals surface area (Å²) < 4.78 is 5.32. The van der Waals surface area contributed by atoms with Crippen LogP contribution in [0.3, 0.4) is 0 Å². The second kappa shape index (κ2) is 4.63. The lowest BCUT2D eigenvalue weighted by atomic mass is 9.84. The van der Waals surface area contributed by atoms with Gasteiger partial charge in [0.1, 0.15) is 0 Å². The van der Waals surface area contributed by atoms with E-state index in [0.29, 0.717) is 18.5 Å². The molecule has 0 spiro atoms. The van der Waals surface area contributed by atoms with E-state index in [1.54, 1.807) is 11.8 Å². The first-order valence-corrected chi connectivity index (χ1v) is 5.84. The molecule has 88 valence electrons. The smallest absolute Gasteiger partial charge is 0.324 e. The summed E-state index contributed by atoms with van der Waals surface area (Å²) >= 11 is 0. The van der Waals surface area contributed by atoms with E-state index in [-0.39, 0.29) is 11.8 Å². The minimum absolute atomic E-state index is 0.136. The monoisotopic (exact) mass is 223 g/mol. The van der Waals surface area contributed by atoms with Crippen LogP contribution in [0, 0.1) is 12.8 Å². The molecule has 1 fully saturated rings. The van der Waals surface area contributed by atoms with E-state index in [1.807, 2.05) is 6.92 Å². The zero-order chi connectivity index (χ0) is 11.5. The lowest BCUT2D eigenvalue weighted by Gasteiger charge is -2.29. The van der Waals surface area contributed by atoms with Crippen molar-refractivity contribution in [1.82, 2.24) is 10.2 Å². The van der Waals surface area contributed by atoms with E-state index in [9.17, 15) is 4.79 Å². The largest absolute Gasteiger partial charge is 0.408 e. The molecule has 1 saturated carbocycles. The fourth-order valence-electron chi connectivity index (χ4n) is 1.79. The average molecular weight is 223 g/mol. The number of rotatable bonds is 4. The van der Waals surface area contributed by atoms with Crippen LogP contribution in [0.25, 0.3) is 0 Å². The molecule has 1 aliphatic rings. The Hall–Kier alpha value is -1.39. The van der Waals surface area contributed by atoms with E-state index >= 15 is 0 Å². The third-order valence-corrected chi connectivity index (χ3v) is 2.91. The topological polar surface area (TPSA) is 59.2 Å². The zero-order valence-electron chi connectivity index (χ0n) is 9.77. The number of nitrogens with zero attached hydrogens (tertiary/aromatic N) is 3. The maximum absolute atomic E-state index is 12.1. The Labute approximate surface area is 94.8 Å². The minimum atomic E-state index is 0.136. The van der Waals surface area contributed by atoms with Gasteiger partial charge in [0, 0.05) is 19.4 Å². The number of anilines is 1. The first-order valence-electron chi connectivity index (χ1n) is 5.84. The zero-order valence-corrected chi connectivity index (χ0v) is 9.77. The summed E-state index contributed by atoms with van der Waals surface area (Å²) in [6, 6.07) is 0.344. The van der Waals surface area contributed by atoms with Crippen LogP contribution in [0.2, 0.25) is 0 Å². The number of aromatic nitrogens is 2. The van der Waals surface area contributed by atoms with Gasteiger partial charge in [-0.15, -0.1) is 5.10 Å². The molecule has 5 nitrogen and oxygen atoms in total. The number of aryl methyl sites for hydroxylation is 1. The van der Waals surface area contributed by atoms with Gasteiger partial charge in [0.2, 0.25) is 11.8 Å². The molecule has 1 aromatic heterocycles. The fraction of sp³-hybridized carbons (Fsp3) is 0.727. The van der Waals surface area contributed by atoms with Crippen molar-refractivity contribution in [3.8, 4) is 0 Å². The lowest BCUT2D eigenvalue weighted by Crippen LogP contribution is -2.39. The Balaban J connectivity index is 2.12. The highest BCUT2D eigenvalue weighted by Gasteiger charge is 2.31. The lowest BCUT2D eigenvalue weighted by molar-refractivity contribution is -0.124. The predicted octanol–water partition coefficient (Wildman–Crippen LogP) is 1.92. The molecule has 16 heavy (non-hydrogen) atoms. The Bertz CT molecular complexity index is 371. The second-order valence-corrected chi connectivity index (χ2v) is 4.22. The number of hydrogen-bond donors (Lipinski definition) is 0. The van der Waals surface area contributed by atoms with Gasteiger partial charge in [0.05, 0.1) is 0 Å². The van der Waals surface area contributed by atoms with Crippen LogP contribution >= 0.6 is 0 Å². The van der Waals surface area contributed by atoms with Crippen LogP contribution in [0.5, 0.6) is 0 Å². The molecule has 0 atom stereocenters. The van der Waals surface area contributed by atoms with Gasteiger partial charge in [0.25, 0.3) is 0 Å². The Kier molecular flexibility index (Phi) is 3.22. The van der Waals surface area contributed by atoms with Crippen molar-refractivity contribution in [2.24, 2.45) is 5.92 Å². The number of carbonyl (C=O) groups is 1. The van der Waals surface area contributed by atoms with Crippen LogP contribution in [0.15, 0.2) is 4.42 Å². The van der Waals surface area contributed by atoms with Gasteiger partial charge < -0.3 is 4.42 Å². The molecule has 1 heterocycles.